The number of amides is 2. The Hall–Kier alpha value is -1.95. The van der Waals surface area contributed by atoms with Crippen LogP contribution in [0.2, 0.25) is 5.02 Å². The molecule has 0 saturated carbocycles. The molecule has 0 spiro atoms. The standard InChI is InChI=1S/C20H29ClN2O4/c1-15(2)14-27-20(25)22-16-9-11-23(12-10-16)19(24)8-5-13-26-18-7-4-3-6-17(18)21/h3-4,6-7,15-16H,5,8-14H2,1-2H3,(H,22,25). The summed E-state index contributed by atoms with van der Waals surface area (Å²) in [5.74, 6) is 1.08. The highest BCUT2D eigenvalue weighted by atomic mass is 35.5. The number of hydrogen-bond acceptors (Lipinski definition) is 4. The zero-order chi connectivity index (χ0) is 19.6. The minimum atomic E-state index is -0.370. The highest BCUT2D eigenvalue weighted by Crippen LogP contribution is 2.23. The molecule has 7 heteroatoms. The van der Waals surface area contributed by atoms with Crippen molar-refractivity contribution in [1.29, 1.82) is 0 Å². The van der Waals surface area contributed by atoms with E-state index in [1.165, 1.54) is 0 Å². The molecule has 0 aliphatic carbocycles. The number of ether oxygens (including phenoxy) is 2. The maximum atomic E-state index is 12.3. The van der Waals surface area contributed by atoms with Gasteiger partial charge in [0.2, 0.25) is 5.91 Å². The summed E-state index contributed by atoms with van der Waals surface area (Å²) in [7, 11) is 0. The van der Waals surface area contributed by atoms with Crippen molar-refractivity contribution in [1.82, 2.24) is 10.2 Å². The van der Waals surface area contributed by atoms with Crippen molar-refractivity contribution in [3.8, 4) is 5.75 Å². The van der Waals surface area contributed by atoms with Crippen molar-refractivity contribution in [2.75, 3.05) is 26.3 Å². The highest BCUT2D eigenvalue weighted by molar-refractivity contribution is 6.32. The monoisotopic (exact) mass is 396 g/mol. The van der Waals surface area contributed by atoms with Crippen LogP contribution in [0.1, 0.15) is 39.5 Å². The van der Waals surface area contributed by atoms with Crippen molar-refractivity contribution in [3.05, 3.63) is 29.3 Å². The van der Waals surface area contributed by atoms with Gasteiger partial charge in [0.25, 0.3) is 0 Å². The van der Waals surface area contributed by atoms with Gasteiger partial charge in [0, 0.05) is 25.6 Å². The average molecular weight is 397 g/mol. The Balaban J connectivity index is 1.60. The van der Waals surface area contributed by atoms with Gasteiger partial charge >= 0.3 is 6.09 Å². The fourth-order valence-electron chi connectivity index (χ4n) is 2.85. The van der Waals surface area contributed by atoms with Gasteiger partial charge in [-0.15, -0.1) is 0 Å². The van der Waals surface area contributed by atoms with Crippen molar-refractivity contribution in [2.24, 2.45) is 5.92 Å². The summed E-state index contributed by atoms with van der Waals surface area (Å²) >= 11 is 6.03. The fourth-order valence-corrected chi connectivity index (χ4v) is 3.04. The van der Waals surface area contributed by atoms with Gasteiger partial charge in [-0.3, -0.25) is 4.79 Å². The number of hydrogen-bond donors (Lipinski definition) is 1. The molecule has 6 nitrogen and oxygen atoms in total. The second-order valence-corrected chi connectivity index (χ2v) is 7.58. The number of para-hydroxylation sites is 1. The number of rotatable bonds is 8. The van der Waals surface area contributed by atoms with Crippen LogP contribution in [0, 0.1) is 5.92 Å². The summed E-state index contributed by atoms with van der Waals surface area (Å²) in [6, 6.07) is 7.37. The number of alkyl carbamates (subject to hydrolysis) is 1. The topological polar surface area (TPSA) is 67.9 Å². The summed E-state index contributed by atoms with van der Waals surface area (Å²) < 4.78 is 10.7. The van der Waals surface area contributed by atoms with Gasteiger partial charge in [-0.25, -0.2) is 4.79 Å². The van der Waals surface area contributed by atoms with E-state index in [0.717, 1.165) is 12.8 Å². The number of piperidine rings is 1. The third-order valence-electron chi connectivity index (χ3n) is 4.35. The highest BCUT2D eigenvalue weighted by Gasteiger charge is 2.24. The van der Waals surface area contributed by atoms with E-state index in [4.69, 9.17) is 21.1 Å². The zero-order valence-corrected chi connectivity index (χ0v) is 16.8. The van der Waals surface area contributed by atoms with E-state index in [-0.39, 0.29) is 18.0 Å². The first-order valence-electron chi connectivity index (χ1n) is 9.54. The molecule has 1 aromatic rings. The van der Waals surface area contributed by atoms with E-state index in [1.807, 2.05) is 36.9 Å². The van der Waals surface area contributed by atoms with Gasteiger partial charge in [-0.1, -0.05) is 37.6 Å². The van der Waals surface area contributed by atoms with E-state index in [2.05, 4.69) is 5.32 Å². The summed E-state index contributed by atoms with van der Waals surface area (Å²) in [5, 5.41) is 3.45. The number of benzene rings is 1. The Labute approximate surface area is 166 Å². The Morgan fingerprint density at radius 3 is 2.63 bits per heavy atom. The minimum absolute atomic E-state index is 0.0669. The van der Waals surface area contributed by atoms with Crippen LogP contribution in [0.4, 0.5) is 4.79 Å². The molecule has 0 radical (unpaired) electrons. The van der Waals surface area contributed by atoms with E-state index in [0.29, 0.717) is 55.8 Å². The maximum absolute atomic E-state index is 12.3. The van der Waals surface area contributed by atoms with Crippen molar-refractivity contribution < 1.29 is 19.1 Å². The number of nitrogens with zero attached hydrogens (tertiary/aromatic N) is 1. The normalized spacial score (nSPS) is 14.9. The lowest BCUT2D eigenvalue weighted by atomic mass is 10.0. The molecular formula is C20H29ClN2O4. The maximum Gasteiger partial charge on any atom is 0.407 e. The molecule has 0 aromatic heterocycles. The van der Waals surface area contributed by atoms with E-state index in [9.17, 15) is 9.59 Å². The van der Waals surface area contributed by atoms with Crippen LogP contribution in [0.5, 0.6) is 5.75 Å². The van der Waals surface area contributed by atoms with E-state index < -0.39 is 0 Å². The van der Waals surface area contributed by atoms with Crippen LogP contribution >= 0.6 is 11.6 Å². The lowest BCUT2D eigenvalue weighted by Gasteiger charge is -2.32. The lowest BCUT2D eigenvalue weighted by Crippen LogP contribution is -2.46. The quantitative estimate of drug-likeness (QED) is 0.677. The summed E-state index contributed by atoms with van der Waals surface area (Å²) in [6.07, 6.45) is 2.21. The Bertz CT molecular complexity index is 616. The molecule has 1 fully saturated rings. The van der Waals surface area contributed by atoms with E-state index in [1.54, 1.807) is 6.07 Å². The lowest BCUT2D eigenvalue weighted by molar-refractivity contribution is -0.132. The Morgan fingerprint density at radius 1 is 1.26 bits per heavy atom. The predicted molar refractivity (Wildman–Crippen MR) is 105 cm³/mol. The summed E-state index contributed by atoms with van der Waals surface area (Å²) in [4.78, 5) is 25.9. The molecule has 1 N–H and O–H groups in total. The molecule has 27 heavy (non-hydrogen) atoms. The van der Waals surface area contributed by atoms with Crippen LogP contribution in [0.3, 0.4) is 0 Å². The zero-order valence-electron chi connectivity index (χ0n) is 16.1. The molecule has 1 saturated heterocycles. The molecular weight excluding hydrogens is 368 g/mol. The van der Waals surface area contributed by atoms with E-state index >= 15 is 0 Å². The molecule has 0 unspecified atom stereocenters. The molecule has 2 rings (SSSR count). The predicted octanol–water partition coefficient (Wildman–Crippen LogP) is 3.87. The third-order valence-corrected chi connectivity index (χ3v) is 4.66. The molecule has 1 aromatic carbocycles. The fraction of sp³-hybridized carbons (Fsp3) is 0.600. The van der Waals surface area contributed by atoms with Crippen LogP contribution < -0.4 is 10.1 Å². The second kappa shape index (κ2) is 11.0. The minimum Gasteiger partial charge on any atom is -0.492 e. The number of carbonyl (C=O) groups excluding carboxylic acids is 2. The number of carbonyl (C=O) groups is 2. The first kappa shape index (κ1) is 21.4. The largest absolute Gasteiger partial charge is 0.492 e. The van der Waals surface area contributed by atoms with Gasteiger partial charge in [-0.2, -0.15) is 0 Å². The van der Waals surface area contributed by atoms with Crippen molar-refractivity contribution in [3.63, 3.8) is 0 Å². The number of halogens is 1. The first-order chi connectivity index (χ1) is 13.0. The molecule has 2 amide bonds. The average Bonchev–Trinajstić information content (AvgIpc) is 2.65. The van der Waals surface area contributed by atoms with Gasteiger partial charge in [0.15, 0.2) is 0 Å². The molecule has 1 heterocycles. The smallest absolute Gasteiger partial charge is 0.407 e. The SMILES string of the molecule is CC(C)COC(=O)NC1CCN(C(=O)CCCOc2ccccc2Cl)CC1. The van der Waals surface area contributed by atoms with Crippen molar-refractivity contribution >= 4 is 23.6 Å². The second-order valence-electron chi connectivity index (χ2n) is 7.17. The molecule has 0 atom stereocenters. The first-order valence-corrected chi connectivity index (χ1v) is 9.92. The number of likely N-dealkylation sites (tertiary alicyclic amines) is 1. The Morgan fingerprint density at radius 2 is 1.96 bits per heavy atom. The summed E-state index contributed by atoms with van der Waals surface area (Å²) in [5.41, 5.74) is 0. The van der Waals surface area contributed by atoms with Crippen LogP contribution in [0.15, 0.2) is 24.3 Å². The van der Waals surface area contributed by atoms with Crippen molar-refractivity contribution in [2.45, 2.75) is 45.6 Å². The molecule has 1 aliphatic rings. The van der Waals surface area contributed by atoms with Crippen LogP contribution in [0.25, 0.3) is 0 Å². The van der Waals surface area contributed by atoms with Gasteiger partial charge in [0.1, 0.15) is 5.75 Å². The number of nitrogens with one attached hydrogen (secondary N) is 1. The van der Waals surface area contributed by atoms with Gasteiger partial charge < -0.3 is 19.7 Å². The Kier molecular flexibility index (Phi) is 8.72. The van der Waals surface area contributed by atoms with Gasteiger partial charge in [-0.05, 0) is 37.3 Å². The van der Waals surface area contributed by atoms with Gasteiger partial charge in [0.05, 0.1) is 18.2 Å². The molecule has 0 bridgehead atoms. The molecule has 150 valence electrons. The van der Waals surface area contributed by atoms with Crippen LogP contribution in [-0.4, -0.2) is 49.2 Å². The third kappa shape index (κ3) is 7.67. The summed E-state index contributed by atoms with van der Waals surface area (Å²) in [6.45, 7) is 6.17. The molecule has 1 aliphatic heterocycles. The van der Waals surface area contributed by atoms with Crippen LogP contribution in [-0.2, 0) is 9.53 Å².